The van der Waals surface area contributed by atoms with Gasteiger partial charge in [0.05, 0.1) is 0 Å². The van der Waals surface area contributed by atoms with E-state index in [-0.39, 0.29) is 0 Å². The summed E-state index contributed by atoms with van der Waals surface area (Å²) in [5, 5.41) is 0. The van der Waals surface area contributed by atoms with Crippen molar-refractivity contribution in [2.45, 2.75) is 53.4 Å². The van der Waals surface area contributed by atoms with Crippen molar-refractivity contribution in [3.63, 3.8) is 0 Å². The number of allylic oxidation sites excluding steroid dienone is 2. The molecule has 0 spiro atoms. The minimum absolute atomic E-state index is 0.393. The van der Waals surface area contributed by atoms with E-state index in [0.717, 1.165) is 5.92 Å². The number of hydrogen-bond donors (Lipinski definition) is 0. The summed E-state index contributed by atoms with van der Waals surface area (Å²) in [4.78, 5) is 0. The molecule has 0 aromatic rings. The zero-order chi connectivity index (χ0) is 9.19. The average Bonchev–Trinajstić information content (AvgIpc) is 2.11. The first-order valence-corrected chi connectivity index (χ1v) is 5.22. The maximum Gasteiger partial charge on any atom is -0.0170 e. The lowest BCUT2D eigenvalue weighted by molar-refractivity contribution is 0.422. The van der Waals surface area contributed by atoms with Crippen molar-refractivity contribution in [1.82, 2.24) is 0 Å². The molecule has 1 aliphatic carbocycles. The predicted octanol–water partition coefficient (Wildman–Crippen LogP) is 4.17. The highest BCUT2D eigenvalue weighted by molar-refractivity contribution is 5.14. The highest BCUT2D eigenvalue weighted by Gasteiger charge is 2.22. The van der Waals surface area contributed by atoms with Crippen molar-refractivity contribution in [3.05, 3.63) is 11.6 Å². The third kappa shape index (κ3) is 2.36. The largest absolute Gasteiger partial charge is 0.0845 e. The Hall–Kier alpha value is -0.260. The summed E-state index contributed by atoms with van der Waals surface area (Å²) in [5.74, 6) is 0.812. The van der Waals surface area contributed by atoms with Gasteiger partial charge < -0.3 is 0 Å². The molecule has 0 aromatic carbocycles. The molecule has 12 heavy (non-hydrogen) atoms. The topological polar surface area (TPSA) is 0 Å². The Balaban J connectivity index is 2.76. The zero-order valence-corrected chi connectivity index (χ0v) is 8.98. The lowest BCUT2D eigenvalue weighted by atomic mass is 9.78. The Morgan fingerprint density at radius 3 is 2.50 bits per heavy atom. The van der Waals surface area contributed by atoms with Crippen LogP contribution in [0.25, 0.3) is 0 Å². The number of hydrogen-bond acceptors (Lipinski definition) is 0. The molecule has 1 unspecified atom stereocenters. The first-order valence-electron chi connectivity index (χ1n) is 5.22. The third-order valence-corrected chi connectivity index (χ3v) is 2.85. The molecule has 1 rings (SSSR count). The van der Waals surface area contributed by atoms with Crippen LogP contribution in [0.3, 0.4) is 0 Å². The van der Waals surface area contributed by atoms with Crippen molar-refractivity contribution in [2.75, 3.05) is 0 Å². The van der Waals surface area contributed by atoms with Crippen LogP contribution in [-0.4, -0.2) is 0 Å². The third-order valence-electron chi connectivity index (χ3n) is 2.85. The fraction of sp³-hybridized carbons (Fsp3) is 0.833. The minimum Gasteiger partial charge on any atom is -0.0845 e. The molecule has 0 nitrogen and oxygen atoms in total. The maximum absolute atomic E-state index is 2.48. The summed E-state index contributed by atoms with van der Waals surface area (Å²) in [6, 6.07) is 0. The van der Waals surface area contributed by atoms with Crippen LogP contribution in [0.4, 0.5) is 0 Å². The molecule has 0 fully saturated rings. The van der Waals surface area contributed by atoms with Crippen molar-refractivity contribution in [1.29, 1.82) is 0 Å². The standard InChI is InChI=1S/C12H22/c1-10-8-6-5-7-9-11(10)12(2,3)4/h9-10H,5-8H2,1-4H3. The van der Waals surface area contributed by atoms with Crippen LogP contribution in [0.15, 0.2) is 11.6 Å². The van der Waals surface area contributed by atoms with Crippen molar-refractivity contribution >= 4 is 0 Å². The van der Waals surface area contributed by atoms with Gasteiger partial charge in [-0.3, -0.25) is 0 Å². The van der Waals surface area contributed by atoms with Gasteiger partial charge in [0.25, 0.3) is 0 Å². The van der Waals surface area contributed by atoms with Gasteiger partial charge in [0, 0.05) is 0 Å². The molecular weight excluding hydrogens is 144 g/mol. The molecule has 0 bridgehead atoms. The van der Waals surface area contributed by atoms with E-state index in [4.69, 9.17) is 0 Å². The van der Waals surface area contributed by atoms with Gasteiger partial charge in [-0.15, -0.1) is 0 Å². The molecule has 1 atom stereocenters. The Kier molecular flexibility index (Phi) is 2.98. The smallest absolute Gasteiger partial charge is 0.0170 e. The minimum atomic E-state index is 0.393. The molecule has 0 heterocycles. The fourth-order valence-electron chi connectivity index (χ4n) is 2.25. The summed E-state index contributed by atoms with van der Waals surface area (Å²) in [5.41, 5.74) is 2.07. The van der Waals surface area contributed by atoms with Gasteiger partial charge in [-0.05, 0) is 30.6 Å². The van der Waals surface area contributed by atoms with Crippen LogP contribution in [0.1, 0.15) is 53.4 Å². The molecular formula is C12H22. The molecule has 70 valence electrons. The maximum atomic E-state index is 2.48. The van der Waals surface area contributed by atoms with Crippen LogP contribution in [0.5, 0.6) is 0 Å². The molecule has 0 heteroatoms. The lowest BCUT2D eigenvalue weighted by Crippen LogP contribution is -2.15. The van der Waals surface area contributed by atoms with Gasteiger partial charge in [0.15, 0.2) is 0 Å². The van der Waals surface area contributed by atoms with E-state index in [2.05, 4.69) is 33.8 Å². The first-order chi connectivity index (χ1) is 5.52. The van der Waals surface area contributed by atoms with Crippen LogP contribution in [-0.2, 0) is 0 Å². The van der Waals surface area contributed by atoms with Crippen LogP contribution in [0.2, 0.25) is 0 Å². The summed E-state index contributed by atoms with van der Waals surface area (Å²) >= 11 is 0. The predicted molar refractivity (Wildman–Crippen MR) is 55.2 cm³/mol. The molecule has 0 saturated heterocycles. The second-order valence-corrected chi connectivity index (χ2v) is 5.09. The molecule has 0 saturated carbocycles. The van der Waals surface area contributed by atoms with E-state index >= 15 is 0 Å². The van der Waals surface area contributed by atoms with E-state index in [9.17, 15) is 0 Å². The Labute approximate surface area is 77.1 Å². The van der Waals surface area contributed by atoms with E-state index in [0.29, 0.717) is 5.41 Å². The fourth-order valence-corrected chi connectivity index (χ4v) is 2.25. The van der Waals surface area contributed by atoms with Gasteiger partial charge in [0.2, 0.25) is 0 Å². The Bertz CT molecular complexity index is 169. The van der Waals surface area contributed by atoms with Crippen LogP contribution >= 0.6 is 0 Å². The highest BCUT2D eigenvalue weighted by atomic mass is 14.3. The summed E-state index contributed by atoms with van der Waals surface area (Å²) < 4.78 is 0. The molecule has 1 aliphatic rings. The summed E-state index contributed by atoms with van der Waals surface area (Å²) in [6.07, 6.45) is 7.98. The second kappa shape index (κ2) is 3.64. The Morgan fingerprint density at radius 2 is 1.92 bits per heavy atom. The van der Waals surface area contributed by atoms with E-state index in [1.807, 2.05) is 0 Å². The van der Waals surface area contributed by atoms with E-state index in [1.54, 1.807) is 5.57 Å². The Morgan fingerprint density at radius 1 is 1.25 bits per heavy atom. The SMILES string of the molecule is CC1CCCCC=C1C(C)(C)C. The average molecular weight is 166 g/mol. The van der Waals surface area contributed by atoms with Gasteiger partial charge in [-0.25, -0.2) is 0 Å². The van der Waals surface area contributed by atoms with Gasteiger partial charge in [-0.1, -0.05) is 45.8 Å². The highest BCUT2D eigenvalue weighted by Crippen LogP contribution is 2.36. The van der Waals surface area contributed by atoms with Crippen LogP contribution < -0.4 is 0 Å². The lowest BCUT2D eigenvalue weighted by Gasteiger charge is -2.27. The normalized spacial score (nSPS) is 26.3. The van der Waals surface area contributed by atoms with E-state index in [1.165, 1.54) is 25.7 Å². The summed E-state index contributed by atoms with van der Waals surface area (Å²) in [7, 11) is 0. The van der Waals surface area contributed by atoms with Crippen molar-refractivity contribution in [2.24, 2.45) is 11.3 Å². The molecule has 0 aliphatic heterocycles. The molecule has 0 amide bonds. The molecule has 0 radical (unpaired) electrons. The second-order valence-electron chi connectivity index (χ2n) is 5.09. The first kappa shape index (κ1) is 9.83. The van der Waals surface area contributed by atoms with Gasteiger partial charge in [-0.2, -0.15) is 0 Å². The zero-order valence-electron chi connectivity index (χ0n) is 8.98. The van der Waals surface area contributed by atoms with Gasteiger partial charge >= 0.3 is 0 Å². The van der Waals surface area contributed by atoms with Crippen molar-refractivity contribution in [3.8, 4) is 0 Å². The number of rotatable bonds is 0. The molecule has 0 aromatic heterocycles. The monoisotopic (exact) mass is 166 g/mol. The van der Waals surface area contributed by atoms with Crippen molar-refractivity contribution < 1.29 is 0 Å². The van der Waals surface area contributed by atoms with E-state index < -0.39 is 0 Å². The summed E-state index contributed by atoms with van der Waals surface area (Å²) in [6.45, 7) is 9.38. The molecule has 0 N–H and O–H groups in total. The van der Waals surface area contributed by atoms with Gasteiger partial charge in [0.1, 0.15) is 0 Å². The van der Waals surface area contributed by atoms with Crippen LogP contribution in [0, 0.1) is 11.3 Å². The quantitative estimate of drug-likeness (QED) is 0.474.